The van der Waals surface area contributed by atoms with Gasteiger partial charge in [0.2, 0.25) is 0 Å². The van der Waals surface area contributed by atoms with Crippen LogP contribution in [-0.2, 0) is 13.0 Å². The number of rotatable bonds is 6. The van der Waals surface area contributed by atoms with Crippen LogP contribution >= 0.6 is 46.9 Å². The predicted molar refractivity (Wildman–Crippen MR) is 115 cm³/mol. The molecule has 0 amide bonds. The number of halogens is 2. The molecule has 24 heavy (non-hydrogen) atoms. The summed E-state index contributed by atoms with van der Waals surface area (Å²) in [7, 11) is 5.74. The lowest BCUT2D eigenvalue weighted by Gasteiger charge is -2.11. The van der Waals surface area contributed by atoms with Crippen LogP contribution in [-0.4, -0.2) is 38.6 Å². The van der Waals surface area contributed by atoms with Crippen LogP contribution in [0.15, 0.2) is 34.6 Å². The number of thiazole rings is 1. The van der Waals surface area contributed by atoms with Crippen molar-refractivity contribution < 1.29 is 0 Å². The lowest BCUT2D eigenvalue weighted by Crippen LogP contribution is -2.37. The molecule has 1 aromatic carbocycles. The molecule has 0 spiro atoms. The first-order chi connectivity index (χ1) is 11.1. The van der Waals surface area contributed by atoms with Crippen molar-refractivity contribution in [2.75, 3.05) is 32.6 Å². The summed E-state index contributed by atoms with van der Waals surface area (Å²) in [5.41, 5.74) is 2.14. The van der Waals surface area contributed by atoms with Gasteiger partial charge in [-0.2, -0.15) is 0 Å². The van der Waals surface area contributed by atoms with Crippen LogP contribution in [0.5, 0.6) is 0 Å². The van der Waals surface area contributed by atoms with E-state index in [-0.39, 0.29) is 24.0 Å². The number of hydrogen-bond acceptors (Lipinski definition) is 4. The Morgan fingerprint density at radius 2 is 2.04 bits per heavy atom. The molecule has 2 N–H and O–H groups in total. The number of anilines is 1. The van der Waals surface area contributed by atoms with Gasteiger partial charge in [-0.05, 0) is 18.1 Å². The SMILES string of the molecule is CN=C(NCCc1ccccc1Cl)NCc1csc(N(C)C)n1.I. The first-order valence-electron chi connectivity index (χ1n) is 7.40. The Morgan fingerprint density at radius 1 is 1.29 bits per heavy atom. The highest BCUT2D eigenvalue weighted by molar-refractivity contribution is 14.0. The van der Waals surface area contributed by atoms with Gasteiger partial charge in [-0.15, -0.1) is 35.3 Å². The van der Waals surface area contributed by atoms with Crippen molar-refractivity contribution in [1.82, 2.24) is 15.6 Å². The molecular weight excluding hydrogens is 457 g/mol. The van der Waals surface area contributed by atoms with E-state index in [0.717, 1.165) is 40.3 Å². The highest BCUT2D eigenvalue weighted by Gasteiger charge is 2.05. The standard InChI is InChI=1S/C16H22ClN5S.HI/c1-18-15(19-9-8-12-6-4-5-7-14(12)17)20-10-13-11-23-16(21-13)22(2)3;/h4-7,11H,8-10H2,1-3H3,(H2,18,19,20);1H. The minimum atomic E-state index is 0. The van der Waals surface area contributed by atoms with Crippen LogP contribution in [0.4, 0.5) is 5.13 Å². The van der Waals surface area contributed by atoms with Crippen LogP contribution in [0.2, 0.25) is 5.02 Å². The number of aromatic nitrogens is 1. The molecule has 0 bridgehead atoms. The third-order valence-electron chi connectivity index (χ3n) is 3.23. The summed E-state index contributed by atoms with van der Waals surface area (Å²) in [6.45, 7) is 1.42. The summed E-state index contributed by atoms with van der Waals surface area (Å²) in [6.07, 6.45) is 0.849. The van der Waals surface area contributed by atoms with Gasteiger partial charge < -0.3 is 15.5 Å². The minimum Gasteiger partial charge on any atom is -0.356 e. The molecule has 0 aliphatic heterocycles. The molecule has 0 unspecified atom stereocenters. The van der Waals surface area contributed by atoms with Crippen molar-refractivity contribution in [2.45, 2.75) is 13.0 Å². The Kier molecular flexibility index (Phi) is 9.38. The molecule has 5 nitrogen and oxygen atoms in total. The fraction of sp³-hybridized carbons (Fsp3) is 0.375. The molecule has 8 heteroatoms. The van der Waals surface area contributed by atoms with Crippen LogP contribution < -0.4 is 15.5 Å². The fourth-order valence-corrected chi connectivity index (χ4v) is 2.98. The van der Waals surface area contributed by atoms with Crippen LogP contribution in [0, 0.1) is 0 Å². The summed E-state index contributed by atoms with van der Waals surface area (Å²) in [5, 5.41) is 10.4. The van der Waals surface area contributed by atoms with E-state index in [1.807, 2.05) is 43.3 Å². The highest BCUT2D eigenvalue weighted by atomic mass is 127. The van der Waals surface area contributed by atoms with Crippen LogP contribution in [0.3, 0.4) is 0 Å². The summed E-state index contributed by atoms with van der Waals surface area (Å²) in [6, 6.07) is 7.89. The number of nitrogens with one attached hydrogen (secondary N) is 2. The molecule has 0 atom stereocenters. The third-order valence-corrected chi connectivity index (χ3v) is 4.65. The highest BCUT2D eigenvalue weighted by Crippen LogP contribution is 2.17. The molecule has 2 rings (SSSR count). The lowest BCUT2D eigenvalue weighted by molar-refractivity contribution is 0.786. The Bertz CT molecular complexity index is 659. The Morgan fingerprint density at radius 3 is 2.67 bits per heavy atom. The van der Waals surface area contributed by atoms with Crippen molar-refractivity contribution in [3.8, 4) is 0 Å². The average molecular weight is 480 g/mol. The van der Waals surface area contributed by atoms with Crippen molar-refractivity contribution in [1.29, 1.82) is 0 Å². The van der Waals surface area contributed by atoms with E-state index in [1.165, 1.54) is 0 Å². The van der Waals surface area contributed by atoms with Gasteiger partial charge in [0.15, 0.2) is 11.1 Å². The predicted octanol–water partition coefficient (Wildman–Crippen LogP) is 3.39. The largest absolute Gasteiger partial charge is 0.356 e. The van der Waals surface area contributed by atoms with Crippen molar-refractivity contribution in [2.24, 2.45) is 4.99 Å². The van der Waals surface area contributed by atoms with Crippen LogP contribution in [0.25, 0.3) is 0 Å². The molecule has 0 saturated carbocycles. The van der Waals surface area contributed by atoms with Crippen molar-refractivity contribution in [3.63, 3.8) is 0 Å². The topological polar surface area (TPSA) is 52.6 Å². The molecule has 0 aliphatic rings. The van der Waals surface area contributed by atoms with Crippen molar-refractivity contribution >= 4 is 58.0 Å². The Hall–Kier alpha value is -1.06. The van der Waals surface area contributed by atoms with Crippen molar-refractivity contribution in [3.05, 3.63) is 45.9 Å². The minimum absolute atomic E-state index is 0. The number of aliphatic imine (C=N–C) groups is 1. The van der Waals surface area contributed by atoms with Gasteiger partial charge in [0.25, 0.3) is 0 Å². The van der Waals surface area contributed by atoms with E-state index in [1.54, 1.807) is 18.4 Å². The van der Waals surface area contributed by atoms with E-state index in [0.29, 0.717) is 6.54 Å². The summed E-state index contributed by atoms with van der Waals surface area (Å²) < 4.78 is 0. The first-order valence-corrected chi connectivity index (χ1v) is 8.65. The molecule has 0 radical (unpaired) electrons. The zero-order chi connectivity index (χ0) is 16.7. The van der Waals surface area contributed by atoms with Crippen LogP contribution in [0.1, 0.15) is 11.3 Å². The molecule has 1 heterocycles. The third kappa shape index (κ3) is 6.45. The zero-order valence-corrected chi connectivity index (χ0v) is 17.9. The zero-order valence-electron chi connectivity index (χ0n) is 14.0. The molecule has 0 fully saturated rings. The first kappa shape index (κ1) is 21.0. The summed E-state index contributed by atoms with van der Waals surface area (Å²) in [5.74, 6) is 0.761. The van der Waals surface area contributed by atoms with E-state index >= 15 is 0 Å². The van der Waals surface area contributed by atoms with E-state index in [4.69, 9.17) is 11.6 Å². The second-order valence-electron chi connectivity index (χ2n) is 5.21. The molecule has 2 aromatic rings. The number of benzene rings is 1. The molecule has 0 aliphatic carbocycles. The smallest absolute Gasteiger partial charge is 0.191 e. The van der Waals surface area contributed by atoms with Gasteiger partial charge >= 0.3 is 0 Å². The molecule has 132 valence electrons. The maximum Gasteiger partial charge on any atom is 0.191 e. The van der Waals surface area contributed by atoms with Gasteiger partial charge in [0.05, 0.1) is 12.2 Å². The van der Waals surface area contributed by atoms with Gasteiger partial charge in [-0.25, -0.2) is 4.98 Å². The monoisotopic (exact) mass is 479 g/mol. The van der Waals surface area contributed by atoms with Gasteiger partial charge in [0.1, 0.15) is 0 Å². The van der Waals surface area contributed by atoms with E-state index in [2.05, 4.69) is 26.0 Å². The summed E-state index contributed by atoms with van der Waals surface area (Å²) in [4.78, 5) is 10.8. The van der Waals surface area contributed by atoms with Gasteiger partial charge in [-0.3, -0.25) is 4.99 Å². The van der Waals surface area contributed by atoms with Gasteiger partial charge in [-0.1, -0.05) is 29.8 Å². The van der Waals surface area contributed by atoms with E-state index in [9.17, 15) is 0 Å². The second-order valence-corrected chi connectivity index (χ2v) is 6.45. The number of nitrogens with zero attached hydrogens (tertiary/aromatic N) is 3. The lowest BCUT2D eigenvalue weighted by atomic mass is 10.1. The molecule has 1 aromatic heterocycles. The average Bonchev–Trinajstić information content (AvgIpc) is 3.01. The normalized spacial score (nSPS) is 10.9. The van der Waals surface area contributed by atoms with Gasteiger partial charge in [0, 0.05) is 38.1 Å². The maximum absolute atomic E-state index is 6.16. The van der Waals surface area contributed by atoms with E-state index < -0.39 is 0 Å². The Labute approximate surface area is 169 Å². The Balaban J connectivity index is 0.00000288. The second kappa shape index (κ2) is 10.7. The maximum atomic E-state index is 6.16. The number of guanidine groups is 1. The summed E-state index contributed by atoms with van der Waals surface area (Å²) >= 11 is 7.79. The molecular formula is C16H23ClIN5S. The quantitative estimate of drug-likeness (QED) is 0.379. The fourth-order valence-electron chi connectivity index (χ4n) is 1.99. The number of hydrogen-bond donors (Lipinski definition) is 2. The molecule has 0 saturated heterocycles.